The maximum atomic E-state index is 12.7. The minimum absolute atomic E-state index is 0.0310. The first-order chi connectivity index (χ1) is 12.6. The van der Waals surface area contributed by atoms with Crippen LogP contribution in [-0.2, 0) is 16.4 Å². The lowest BCUT2D eigenvalue weighted by Gasteiger charge is -2.19. The minimum atomic E-state index is -3.63. The van der Waals surface area contributed by atoms with Crippen molar-refractivity contribution in [3.63, 3.8) is 0 Å². The van der Waals surface area contributed by atoms with Crippen molar-refractivity contribution in [3.8, 4) is 0 Å². The number of rotatable bonds is 5. The lowest BCUT2D eigenvalue weighted by atomic mass is 10.3. The van der Waals surface area contributed by atoms with Gasteiger partial charge in [0.25, 0.3) is 5.91 Å². The summed E-state index contributed by atoms with van der Waals surface area (Å²) in [5.41, 5.74) is 1.12. The number of sulfone groups is 1. The van der Waals surface area contributed by atoms with Crippen LogP contribution in [0.3, 0.4) is 0 Å². The maximum Gasteiger partial charge on any atom is 0.420 e. The molecule has 0 radical (unpaired) electrons. The zero-order valence-corrected chi connectivity index (χ0v) is 16.8. The molecule has 3 rings (SSSR count). The molecule has 0 saturated carbocycles. The molecule has 2 aromatic heterocycles. The number of carbonyl (C=O) groups excluding carboxylic acids is 1. The van der Waals surface area contributed by atoms with E-state index in [1.165, 1.54) is 10.6 Å². The van der Waals surface area contributed by atoms with Crippen molar-refractivity contribution < 1.29 is 17.6 Å². The number of carbonyl (C=O) groups is 1. The third-order valence-corrected chi connectivity index (χ3v) is 7.70. The first kappa shape index (κ1) is 19.4. The van der Waals surface area contributed by atoms with Crippen molar-refractivity contribution in [2.24, 2.45) is 0 Å². The van der Waals surface area contributed by atoms with Crippen LogP contribution >= 0.6 is 11.3 Å². The molecule has 0 spiro atoms. The molecule has 1 amide bonds. The van der Waals surface area contributed by atoms with Crippen molar-refractivity contribution in [2.75, 3.05) is 6.54 Å². The summed E-state index contributed by atoms with van der Waals surface area (Å²) >= 11 is 1.08. The van der Waals surface area contributed by atoms with E-state index in [-0.39, 0.29) is 22.9 Å². The zero-order valence-electron chi connectivity index (χ0n) is 15.2. The van der Waals surface area contributed by atoms with Gasteiger partial charge in [0, 0.05) is 13.1 Å². The van der Waals surface area contributed by atoms with E-state index in [0.29, 0.717) is 11.1 Å². The Balaban J connectivity index is 1.75. The first-order valence-corrected chi connectivity index (χ1v) is 10.7. The van der Waals surface area contributed by atoms with Gasteiger partial charge in [0.15, 0.2) is 15.4 Å². The Labute approximate surface area is 160 Å². The van der Waals surface area contributed by atoms with Gasteiger partial charge in [0.1, 0.15) is 4.88 Å². The van der Waals surface area contributed by atoms with E-state index in [9.17, 15) is 18.0 Å². The Morgan fingerprint density at radius 1 is 1.22 bits per heavy atom. The highest BCUT2D eigenvalue weighted by atomic mass is 32.2. The molecule has 0 fully saturated rings. The molecular weight excluding hydrogens is 388 g/mol. The largest absolute Gasteiger partial charge is 0.420 e. The third-order valence-electron chi connectivity index (χ3n) is 4.13. The highest BCUT2D eigenvalue weighted by molar-refractivity contribution is 7.93. The summed E-state index contributed by atoms with van der Waals surface area (Å²) in [6.07, 6.45) is 0. The second-order valence-corrected chi connectivity index (χ2v) is 10.6. The molecule has 3 aromatic rings. The van der Waals surface area contributed by atoms with Crippen molar-refractivity contribution >= 4 is 38.2 Å². The lowest BCUT2D eigenvalue weighted by molar-refractivity contribution is 0.0953. The van der Waals surface area contributed by atoms with Crippen LogP contribution in [0.5, 0.6) is 0 Å². The van der Waals surface area contributed by atoms with Gasteiger partial charge in [0.05, 0.1) is 15.2 Å². The lowest BCUT2D eigenvalue weighted by Crippen LogP contribution is -2.32. The molecule has 0 aliphatic heterocycles. The summed E-state index contributed by atoms with van der Waals surface area (Å²) in [5, 5.41) is 4.27. The third kappa shape index (κ3) is 3.57. The normalized spacial score (nSPS) is 12.4. The number of aromatic nitrogens is 1. The van der Waals surface area contributed by atoms with Gasteiger partial charge in [-0.05, 0) is 44.4 Å². The van der Waals surface area contributed by atoms with Crippen molar-refractivity contribution in [2.45, 2.75) is 37.0 Å². The van der Waals surface area contributed by atoms with Gasteiger partial charge in [-0.1, -0.05) is 12.1 Å². The molecule has 27 heavy (non-hydrogen) atoms. The van der Waals surface area contributed by atoms with Gasteiger partial charge in [-0.15, -0.1) is 11.3 Å². The van der Waals surface area contributed by atoms with Gasteiger partial charge < -0.3 is 9.73 Å². The quantitative estimate of drug-likeness (QED) is 0.700. The van der Waals surface area contributed by atoms with E-state index in [4.69, 9.17) is 4.42 Å². The fourth-order valence-electron chi connectivity index (χ4n) is 2.59. The predicted molar refractivity (Wildman–Crippen MR) is 104 cm³/mol. The second-order valence-electron chi connectivity index (χ2n) is 6.97. The fourth-order valence-corrected chi connectivity index (χ4v) is 5.10. The summed E-state index contributed by atoms with van der Waals surface area (Å²) in [4.78, 5) is 24.6. The smallest absolute Gasteiger partial charge is 0.408 e. The van der Waals surface area contributed by atoms with Gasteiger partial charge in [0.2, 0.25) is 0 Å². The second kappa shape index (κ2) is 6.97. The number of hydrogen-bond donors (Lipinski definition) is 1. The van der Waals surface area contributed by atoms with Crippen LogP contribution < -0.4 is 11.1 Å². The molecular formula is C18H20N2O5S2. The average molecular weight is 409 g/mol. The highest BCUT2D eigenvalue weighted by Gasteiger charge is 2.34. The molecule has 0 unspecified atom stereocenters. The van der Waals surface area contributed by atoms with E-state index >= 15 is 0 Å². The number of benzene rings is 1. The zero-order chi connectivity index (χ0) is 19.8. The fraction of sp³-hybridized carbons (Fsp3) is 0.333. The monoisotopic (exact) mass is 408 g/mol. The van der Waals surface area contributed by atoms with Gasteiger partial charge in [-0.2, -0.15) is 0 Å². The van der Waals surface area contributed by atoms with Crippen molar-refractivity contribution in [1.82, 2.24) is 9.88 Å². The summed E-state index contributed by atoms with van der Waals surface area (Å²) in [6, 6.07) is 8.47. The Morgan fingerprint density at radius 2 is 1.93 bits per heavy atom. The summed E-state index contributed by atoms with van der Waals surface area (Å²) < 4.78 is 30.9. The Morgan fingerprint density at radius 3 is 2.63 bits per heavy atom. The van der Waals surface area contributed by atoms with Crippen LogP contribution in [-0.4, -0.2) is 30.2 Å². The highest BCUT2D eigenvalue weighted by Crippen LogP contribution is 2.30. The van der Waals surface area contributed by atoms with Gasteiger partial charge in [-0.25, -0.2) is 13.2 Å². The number of nitrogens with zero attached hydrogens (tertiary/aromatic N) is 1. The van der Waals surface area contributed by atoms with Crippen LogP contribution in [0, 0.1) is 0 Å². The number of nitrogens with one attached hydrogen (secondary N) is 1. The van der Waals surface area contributed by atoms with E-state index in [2.05, 4.69) is 5.32 Å². The van der Waals surface area contributed by atoms with Crippen LogP contribution in [0.15, 0.2) is 49.8 Å². The minimum Gasteiger partial charge on any atom is -0.408 e. The number of fused-ring (bicyclic) bond motifs is 1. The molecule has 2 heterocycles. The number of amides is 1. The van der Waals surface area contributed by atoms with Crippen LogP contribution in [0.2, 0.25) is 0 Å². The van der Waals surface area contributed by atoms with Gasteiger partial charge >= 0.3 is 5.76 Å². The molecule has 1 N–H and O–H groups in total. The van der Waals surface area contributed by atoms with E-state index in [0.717, 1.165) is 11.3 Å². The van der Waals surface area contributed by atoms with Crippen LogP contribution in [0.4, 0.5) is 0 Å². The van der Waals surface area contributed by atoms with Gasteiger partial charge in [-0.3, -0.25) is 9.36 Å². The molecule has 0 aliphatic carbocycles. The molecule has 7 nitrogen and oxygen atoms in total. The number of hydrogen-bond acceptors (Lipinski definition) is 6. The van der Waals surface area contributed by atoms with Crippen LogP contribution in [0.25, 0.3) is 11.1 Å². The average Bonchev–Trinajstić information content (AvgIpc) is 3.19. The Bertz CT molecular complexity index is 1150. The number of oxazole rings is 1. The summed E-state index contributed by atoms with van der Waals surface area (Å²) in [5.74, 6) is -0.980. The molecule has 0 bridgehead atoms. The molecule has 0 saturated heterocycles. The summed E-state index contributed by atoms with van der Waals surface area (Å²) in [6.45, 7) is 5.16. The topological polar surface area (TPSA) is 98.4 Å². The molecule has 1 aromatic carbocycles. The number of para-hydroxylation sites is 2. The van der Waals surface area contributed by atoms with Crippen molar-refractivity contribution in [1.29, 1.82) is 0 Å². The van der Waals surface area contributed by atoms with Crippen LogP contribution in [0.1, 0.15) is 30.4 Å². The van der Waals surface area contributed by atoms with E-state index in [1.54, 1.807) is 50.4 Å². The molecule has 0 atom stereocenters. The SMILES string of the molecule is CC(C)(C)S(=O)(=O)c1ccsc1C(=O)NCCn1c(=O)oc2ccccc21. The van der Waals surface area contributed by atoms with E-state index < -0.39 is 26.2 Å². The summed E-state index contributed by atoms with van der Waals surface area (Å²) in [7, 11) is -3.63. The first-order valence-electron chi connectivity index (χ1n) is 8.31. The predicted octanol–water partition coefficient (Wildman–Crippen LogP) is 2.66. The Hall–Kier alpha value is -2.39. The van der Waals surface area contributed by atoms with E-state index in [1.807, 2.05) is 0 Å². The number of thiophene rings is 1. The molecule has 9 heteroatoms. The molecule has 144 valence electrons. The standard InChI is InChI=1S/C18H20N2O5S2/c1-18(2,3)27(23,24)14-8-11-26-15(14)16(21)19-9-10-20-12-6-4-5-7-13(12)25-17(20)22/h4-8,11H,9-10H2,1-3H3,(H,19,21). The molecule has 0 aliphatic rings. The maximum absolute atomic E-state index is 12.7. The Kier molecular flexibility index (Phi) is 5.00. The van der Waals surface area contributed by atoms with Crippen molar-refractivity contribution in [3.05, 3.63) is 51.1 Å².